The van der Waals surface area contributed by atoms with Crippen molar-refractivity contribution in [3.8, 4) is 61.8 Å². The lowest BCUT2D eigenvalue weighted by atomic mass is 9.74. The molecule has 0 spiro atoms. The lowest BCUT2D eigenvalue weighted by Crippen LogP contribution is -2.22. The van der Waals surface area contributed by atoms with Crippen molar-refractivity contribution >= 4 is 21.8 Å². The van der Waals surface area contributed by atoms with Crippen molar-refractivity contribution in [1.29, 1.82) is 0 Å². The molecule has 0 amide bonds. The van der Waals surface area contributed by atoms with Gasteiger partial charge in [-0.3, -0.25) is 0 Å². The van der Waals surface area contributed by atoms with Crippen LogP contribution in [0.3, 0.4) is 0 Å². The van der Waals surface area contributed by atoms with Gasteiger partial charge in [-0.05, 0) is 82.3 Å². The minimum atomic E-state index is -0.282. The smallest absolute Gasteiger partial charge is 0.160 e. The molecule has 1 aliphatic carbocycles. The van der Waals surface area contributed by atoms with Gasteiger partial charge in [-0.25, -0.2) is 9.97 Å². The SMILES string of the molecule is CC1(c2ccccc2)c2ccccc2-c2cc3c4ccccc4n(-c4ccc(-c5cc(-c6ccc(-c7ccccc7)cc6)nc(-c6ccccc6)n5)cc4)c3cc21. The fourth-order valence-corrected chi connectivity index (χ4v) is 9.02. The molecule has 10 aromatic rings. The van der Waals surface area contributed by atoms with E-state index in [0.717, 1.165) is 33.8 Å². The van der Waals surface area contributed by atoms with Crippen LogP contribution in [-0.4, -0.2) is 14.5 Å². The monoisotopic (exact) mass is 727 g/mol. The first-order valence-corrected chi connectivity index (χ1v) is 19.6. The number of fused-ring (bicyclic) bond motifs is 6. The van der Waals surface area contributed by atoms with Gasteiger partial charge in [0.25, 0.3) is 0 Å². The molecule has 0 bridgehead atoms. The number of nitrogens with zero attached hydrogens (tertiary/aromatic N) is 3. The molecule has 1 aliphatic rings. The predicted molar refractivity (Wildman–Crippen MR) is 236 cm³/mol. The fourth-order valence-electron chi connectivity index (χ4n) is 9.02. The molecule has 2 heterocycles. The summed E-state index contributed by atoms with van der Waals surface area (Å²) in [7, 11) is 0. The number of aromatic nitrogens is 3. The van der Waals surface area contributed by atoms with Gasteiger partial charge < -0.3 is 4.57 Å². The van der Waals surface area contributed by atoms with Crippen molar-refractivity contribution < 1.29 is 0 Å². The summed E-state index contributed by atoms with van der Waals surface area (Å²) in [6, 6.07) is 73.9. The molecule has 1 unspecified atom stereocenters. The molecule has 0 fully saturated rings. The summed E-state index contributed by atoms with van der Waals surface area (Å²) >= 11 is 0. The van der Waals surface area contributed by atoms with Crippen molar-refractivity contribution in [3.63, 3.8) is 0 Å². The molecule has 268 valence electrons. The van der Waals surface area contributed by atoms with E-state index in [-0.39, 0.29) is 5.41 Å². The Morgan fingerprint density at radius 2 is 0.930 bits per heavy atom. The Morgan fingerprint density at radius 1 is 0.386 bits per heavy atom. The second-order valence-electron chi connectivity index (χ2n) is 15.1. The maximum atomic E-state index is 5.14. The largest absolute Gasteiger partial charge is 0.309 e. The summed E-state index contributed by atoms with van der Waals surface area (Å²) < 4.78 is 2.43. The highest BCUT2D eigenvalue weighted by atomic mass is 15.0. The first-order chi connectivity index (χ1) is 28.1. The third-order valence-electron chi connectivity index (χ3n) is 11.9. The molecule has 0 N–H and O–H groups in total. The first kappa shape index (κ1) is 33.0. The Hall–Kier alpha value is -7.36. The minimum absolute atomic E-state index is 0.282. The van der Waals surface area contributed by atoms with E-state index in [9.17, 15) is 0 Å². The molecule has 3 nitrogen and oxygen atoms in total. The Labute approximate surface area is 332 Å². The Balaban J connectivity index is 1.04. The van der Waals surface area contributed by atoms with Gasteiger partial charge in [0.2, 0.25) is 0 Å². The van der Waals surface area contributed by atoms with Crippen LogP contribution in [0, 0.1) is 0 Å². The van der Waals surface area contributed by atoms with Crippen LogP contribution in [0.15, 0.2) is 206 Å². The average molecular weight is 728 g/mol. The molecular formula is C54H37N3. The average Bonchev–Trinajstić information content (AvgIpc) is 3.75. The summed E-state index contributed by atoms with van der Waals surface area (Å²) in [4.78, 5) is 10.2. The van der Waals surface area contributed by atoms with Gasteiger partial charge in [-0.2, -0.15) is 0 Å². The lowest BCUT2D eigenvalue weighted by Gasteiger charge is -2.28. The number of hydrogen-bond donors (Lipinski definition) is 0. The third-order valence-corrected chi connectivity index (χ3v) is 11.9. The molecule has 2 aromatic heterocycles. The first-order valence-electron chi connectivity index (χ1n) is 19.6. The highest BCUT2D eigenvalue weighted by molar-refractivity contribution is 6.11. The Kier molecular flexibility index (Phi) is 7.61. The number of benzene rings is 8. The van der Waals surface area contributed by atoms with Gasteiger partial charge in [-0.15, -0.1) is 0 Å². The van der Waals surface area contributed by atoms with Crippen LogP contribution in [0.1, 0.15) is 23.6 Å². The summed E-state index contributed by atoms with van der Waals surface area (Å²) in [5.41, 5.74) is 17.0. The van der Waals surface area contributed by atoms with Crippen LogP contribution in [0.4, 0.5) is 0 Å². The Morgan fingerprint density at radius 3 is 1.63 bits per heavy atom. The van der Waals surface area contributed by atoms with Gasteiger partial charge >= 0.3 is 0 Å². The summed E-state index contributed by atoms with van der Waals surface area (Å²) in [5, 5.41) is 2.50. The van der Waals surface area contributed by atoms with E-state index >= 15 is 0 Å². The van der Waals surface area contributed by atoms with Gasteiger partial charge in [0.05, 0.1) is 22.4 Å². The highest BCUT2D eigenvalue weighted by Crippen LogP contribution is 2.54. The molecular weight excluding hydrogens is 691 g/mol. The zero-order chi connectivity index (χ0) is 37.9. The zero-order valence-electron chi connectivity index (χ0n) is 31.5. The van der Waals surface area contributed by atoms with Crippen LogP contribution in [0.25, 0.3) is 83.6 Å². The van der Waals surface area contributed by atoms with E-state index in [1.165, 1.54) is 60.8 Å². The van der Waals surface area contributed by atoms with Crippen LogP contribution < -0.4 is 0 Å². The lowest BCUT2D eigenvalue weighted by molar-refractivity contribution is 0.714. The van der Waals surface area contributed by atoms with Crippen molar-refractivity contribution in [3.05, 3.63) is 223 Å². The molecule has 57 heavy (non-hydrogen) atoms. The van der Waals surface area contributed by atoms with E-state index in [2.05, 4.69) is 193 Å². The van der Waals surface area contributed by atoms with Crippen LogP contribution in [-0.2, 0) is 5.41 Å². The maximum absolute atomic E-state index is 5.14. The van der Waals surface area contributed by atoms with Crippen LogP contribution >= 0.6 is 0 Å². The topological polar surface area (TPSA) is 30.7 Å². The quantitative estimate of drug-likeness (QED) is 0.171. The van der Waals surface area contributed by atoms with Gasteiger partial charge in [-0.1, -0.05) is 170 Å². The van der Waals surface area contributed by atoms with Gasteiger partial charge in [0.1, 0.15) is 0 Å². The normalized spacial score (nSPS) is 14.5. The minimum Gasteiger partial charge on any atom is -0.309 e. The van der Waals surface area contributed by atoms with E-state index < -0.39 is 0 Å². The van der Waals surface area contributed by atoms with Gasteiger partial charge in [0, 0.05) is 38.6 Å². The molecule has 3 heteroatoms. The second kappa shape index (κ2) is 13.1. The van der Waals surface area contributed by atoms with Gasteiger partial charge in [0.15, 0.2) is 5.82 Å². The molecule has 0 radical (unpaired) electrons. The second-order valence-corrected chi connectivity index (χ2v) is 15.1. The van der Waals surface area contributed by atoms with E-state index in [0.29, 0.717) is 5.82 Å². The molecule has 0 saturated heterocycles. The molecule has 8 aromatic carbocycles. The highest BCUT2D eigenvalue weighted by Gasteiger charge is 2.41. The maximum Gasteiger partial charge on any atom is 0.160 e. The van der Waals surface area contributed by atoms with Crippen molar-refractivity contribution in [2.75, 3.05) is 0 Å². The number of rotatable bonds is 6. The van der Waals surface area contributed by atoms with Crippen LogP contribution in [0.2, 0.25) is 0 Å². The summed E-state index contributed by atoms with van der Waals surface area (Å²) in [6.07, 6.45) is 0. The zero-order valence-corrected chi connectivity index (χ0v) is 31.5. The molecule has 0 saturated carbocycles. The van der Waals surface area contributed by atoms with Crippen molar-refractivity contribution in [1.82, 2.24) is 14.5 Å². The number of para-hydroxylation sites is 1. The third kappa shape index (κ3) is 5.35. The predicted octanol–water partition coefficient (Wildman–Crippen LogP) is 13.6. The molecule has 0 aliphatic heterocycles. The molecule has 11 rings (SSSR count). The van der Waals surface area contributed by atoms with E-state index in [1.54, 1.807) is 0 Å². The standard InChI is InChI=1S/C54H37N3/c1-54(41-19-9-4-10-20-41)47-23-13-11-21-43(47)45-33-46-44-22-12-14-24-51(44)57(52(46)34-48(45)54)42-31-29-39(30-32-42)50-35-49(55-53(56-50)40-17-7-3-8-18-40)38-27-25-37(26-28-38)36-15-5-2-6-16-36/h2-35H,1H3. The Bertz CT molecular complexity index is 3090. The van der Waals surface area contributed by atoms with E-state index in [4.69, 9.17) is 9.97 Å². The van der Waals surface area contributed by atoms with Crippen LogP contribution in [0.5, 0.6) is 0 Å². The van der Waals surface area contributed by atoms with Crippen molar-refractivity contribution in [2.24, 2.45) is 0 Å². The fraction of sp³-hybridized carbons (Fsp3) is 0.0370. The summed E-state index contributed by atoms with van der Waals surface area (Å²) in [6.45, 7) is 2.39. The van der Waals surface area contributed by atoms with Crippen molar-refractivity contribution in [2.45, 2.75) is 12.3 Å². The summed E-state index contributed by atoms with van der Waals surface area (Å²) in [5.74, 6) is 0.707. The number of hydrogen-bond acceptors (Lipinski definition) is 2. The van der Waals surface area contributed by atoms with E-state index in [1.807, 2.05) is 24.3 Å². The molecule has 1 atom stereocenters.